The van der Waals surface area contributed by atoms with Crippen LogP contribution in [0.1, 0.15) is 30.9 Å². The lowest BCUT2D eigenvalue weighted by molar-refractivity contribution is -0.124. The average molecular weight is 383 g/mol. The van der Waals surface area contributed by atoms with Crippen molar-refractivity contribution in [1.82, 2.24) is 5.01 Å². The van der Waals surface area contributed by atoms with E-state index in [4.69, 9.17) is 4.74 Å². The molecule has 1 heterocycles. The van der Waals surface area contributed by atoms with Crippen molar-refractivity contribution in [2.75, 3.05) is 12.9 Å². The molecule has 1 aliphatic rings. The molecule has 1 N–H and O–H groups in total. The first kappa shape index (κ1) is 19.0. The van der Waals surface area contributed by atoms with Crippen molar-refractivity contribution < 1.29 is 14.6 Å². The van der Waals surface area contributed by atoms with Crippen LogP contribution in [0.25, 0.3) is 0 Å². The van der Waals surface area contributed by atoms with Crippen LogP contribution in [-0.2, 0) is 4.79 Å². The molecule has 0 saturated carbocycles. The lowest BCUT2D eigenvalue weighted by atomic mass is 10.0. The minimum atomic E-state index is -0.133. The van der Waals surface area contributed by atoms with Crippen molar-refractivity contribution in [2.45, 2.75) is 19.8 Å². The zero-order valence-electron chi connectivity index (χ0n) is 15.4. The van der Waals surface area contributed by atoms with Gasteiger partial charge in [-0.3, -0.25) is 4.79 Å². The standard InChI is InChI=1S/C20H21N3O3S/c1-13(2)15-5-7-16(8-6-15)22-20-23(19(25)12-27-20)21-11-14-4-9-18(26-3)17(24)10-14/h4-11,13,24H,12H2,1-3H3/b21-11+,22-20?. The summed E-state index contributed by atoms with van der Waals surface area (Å²) in [5.74, 6) is 1.02. The number of amidine groups is 1. The molecule has 0 spiro atoms. The minimum Gasteiger partial charge on any atom is -0.504 e. The number of hydrazone groups is 1. The summed E-state index contributed by atoms with van der Waals surface area (Å²) in [6, 6.07) is 12.9. The Morgan fingerprint density at radius 2 is 1.96 bits per heavy atom. The van der Waals surface area contributed by atoms with Crippen molar-refractivity contribution in [1.29, 1.82) is 0 Å². The minimum absolute atomic E-state index is 0.0164. The third kappa shape index (κ3) is 4.49. The van der Waals surface area contributed by atoms with E-state index in [0.717, 1.165) is 5.69 Å². The van der Waals surface area contributed by atoms with Crippen LogP contribution in [0.2, 0.25) is 0 Å². The van der Waals surface area contributed by atoms with Gasteiger partial charge in [0.2, 0.25) is 0 Å². The molecule has 0 aliphatic carbocycles. The normalized spacial score (nSPS) is 16.1. The van der Waals surface area contributed by atoms with Crippen LogP contribution < -0.4 is 4.74 Å². The van der Waals surface area contributed by atoms with Gasteiger partial charge in [0.25, 0.3) is 5.91 Å². The summed E-state index contributed by atoms with van der Waals surface area (Å²) >= 11 is 1.35. The molecule has 1 aliphatic heterocycles. The first-order chi connectivity index (χ1) is 13.0. The molecule has 0 aromatic heterocycles. The number of thioether (sulfide) groups is 1. The fraction of sp³-hybridized carbons (Fsp3) is 0.250. The van der Waals surface area contributed by atoms with Gasteiger partial charge in [0.1, 0.15) is 0 Å². The van der Waals surface area contributed by atoms with Crippen molar-refractivity contribution in [3.05, 3.63) is 53.6 Å². The van der Waals surface area contributed by atoms with Gasteiger partial charge in [-0.15, -0.1) is 0 Å². The highest BCUT2D eigenvalue weighted by Crippen LogP contribution is 2.27. The number of amides is 1. The Bertz CT molecular complexity index is 892. The van der Waals surface area contributed by atoms with E-state index in [2.05, 4.69) is 23.9 Å². The van der Waals surface area contributed by atoms with E-state index in [0.29, 0.717) is 28.2 Å². The molecule has 3 rings (SSSR count). The Morgan fingerprint density at radius 3 is 2.59 bits per heavy atom. The van der Waals surface area contributed by atoms with Crippen LogP contribution in [0.15, 0.2) is 52.6 Å². The largest absolute Gasteiger partial charge is 0.504 e. The second-order valence-corrected chi connectivity index (χ2v) is 7.25. The number of nitrogens with zero attached hydrogens (tertiary/aromatic N) is 3. The van der Waals surface area contributed by atoms with Crippen LogP contribution in [0.3, 0.4) is 0 Å². The molecule has 0 radical (unpaired) electrons. The highest BCUT2D eigenvalue weighted by molar-refractivity contribution is 8.15. The number of phenolic OH excluding ortho intramolecular Hbond substituents is 1. The van der Waals surface area contributed by atoms with Gasteiger partial charge in [-0.25, -0.2) is 4.99 Å². The molecular formula is C20H21N3O3S. The highest BCUT2D eigenvalue weighted by atomic mass is 32.2. The first-order valence-corrected chi connectivity index (χ1v) is 9.52. The van der Waals surface area contributed by atoms with E-state index in [1.54, 1.807) is 12.1 Å². The van der Waals surface area contributed by atoms with Crippen molar-refractivity contribution in [2.24, 2.45) is 10.1 Å². The van der Waals surface area contributed by atoms with Gasteiger partial charge in [0.15, 0.2) is 16.7 Å². The van der Waals surface area contributed by atoms with Crippen LogP contribution in [0.5, 0.6) is 11.5 Å². The van der Waals surface area contributed by atoms with E-state index in [1.165, 1.54) is 41.7 Å². The quantitative estimate of drug-likeness (QED) is 0.788. The number of carbonyl (C=O) groups excluding carboxylic acids is 1. The summed E-state index contributed by atoms with van der Waals surface area (Å²) in [5, 5.41) is 15.9. The average Bonchev–Trinajstić information content (AvgIpc) is 3.00. The molecule has 1 amide bonds. The number of phenols is 1. The number of ether oxygens (including phenoxy) is 1. The van der Waals surface area contributed by atoms with E-state index in [1.807, 2.05) is 24.3 Å². The number of methoxy groups -OCH3 is 1. The van der Waals surface area contributed by atoms with Gasteiger partial charge >= 0.3 is 0 Å². The van der Waals surface area contributed by atoms with Crippen LogP contribution >= 0.6 is 11.8 Å². The SMILES string of the molecule is COc1ccc(/C=N/N2C(=O)CSC2=Nc2ccc(C(C)C)cc2)cc1O. The van der Waals surface area contributed by atoms with Gasteiger partial charge in [0, 0.05) is 0 Å². The predicted molar refractivity (Wildman–Crippen MR) is 109 cm³/mol. The van der Waals surface area contributed by atoms with Crippen molar-refractivity contribution >= 4 is 34.7 Å². The number of carbonyl (C=O) groups is 1. The zero-order valence-corrected chi connectivity index (χ0v) is 16.2. The lowest BCUT2D eigenvalue weighted by Gasteiger charge is -2.10. The number of hydrogen-bond acceptors (Lipinski definition) is 6. The summed E-state index contributed by atoms with van der Waals surface area (Å²) in [6.45, 7) is 4.28. The Balaban J connectivity index is 1.80. The predicted octanol–water partition coefficient (Wildman–Crippen LogP) is 4.12. The maximum atomic E-state index is 12.1. The lowest BCUT2D eigenvalue weighted by Crippen LogP contribution is -2.23. The Morgan fingerprint density at radius 1 is 1.22 bits per heavy atom. The van der Waals surface area contributed by atoms with Crippen LogP contribution in [-0.4, -0.2) is 40.3 Å². The molecule has 0 bridgehead atoms. The zero-order chi connectivity index (χ0) is 19.4. The number of rotatable bonds is 5. The monoisotopic (exact) mass is 383 g/mol. The molecule has 0 atom stereocenters. The summed E-state index contributed by atoms with van der Waals surface area (Å²) in [5.41, 5.74) is 2.67. The molecule has 0 unspecified atom stereocenters. The van der Waals surface area contributed by atoms with Crippen LogP contribution in [0, 0.1) is 0 Å². The second-order valence-electron chi connectivity index (χ2n) is 6.31. The smallest absolute Gasteiger partial charge is 0.259 e. The molecule has 7 heteroatoms. The maximum Gasteiger partial charge on any atom is 0.259 e. The second kappa shape index (κ2) is 8.26. The number of aromatic hydroxyl groups is 1. The van der Waals surface area contributed by atoms with E-state index < -0.39 is 0 Å². The Kier molecular flexibility index (Phi) is 5.81. The molecule has 140 valence electrons. The van der Waals surface area contributed by atoms with Gasteiger partial charge in [-0.1, -0.05) is 37.7 Å². The number of hydrogen-bond donors (Lipinski definition) is 1. The summed E-state index contributed by atoms with van der Waals surface area (Å²) in [7, 11) is 1.49. The van der Waals surface area contributed by atoms with Crippen LogP contribution in [0.4, 0.5) is 5.69 Å². The molecule has 1 saturated heterocycles. The Hall–Kier alpha value is -2.80. The molecule has 2 aromatic carbocycles. The number of aliphatic imine (C=N–C) groups is 1. The van der Waals surface area contributed by atoms with Gasteiger partial charge < -0.3 is 9.84 Å². The third-order valence-electron chi connectivity index (χ3n) is 4.05. The van der Waals surface area contributed by atoms with E-state index in [-0.39, 0.29) is 11.7 Å². The molecular weight excluding hydrogens is 362 g/mol. The summed E-state index contributed by atoms with van der Waals surface area (Å²) in [4.78, 5) is 16.7. The van der Waals surface area contributed by atoms with Gasteiger partial charge in [0.05, 0.1) is 24.8 Å². The molecule has 1 fully saturated rings. The summed E-state index contributed by atoms with van der Waals surface area (Å²) in [6.07, 6.45) is 1.51. The van der Waals surface area contributed by atoms with Crippen molar-refractivity contribution in [3.63, 3.8) is 0 Å². The van der Waals surface area contributed by atoms with E-state index in [9.17, 15) is 9.90 Å². The van der Waals surface area contributed by atoms with Gasteiger partial charge in [-0.2, -0.15) is 10.1 Å². The van der Waals surface area contributed by atoms with Crippen molar-refractivity contribution in [3.8, 4) is 11.5 Å². The topological polar surface area (TPSA) is 74.5 Å². The highest BCUT2D eigenvalue weighted by Gasteiger charge is 2.28. The molecule has 27 heavy (non-hydrogen) atoms. The first-order valence-electron chi connectivity index (χ1n) is 8.53. The fourth-order valence-electron chi connectivity index (χ4n) is 2.50. The number of benzene rings is 2. The Labute approximate surface area is 162 Å². The third-order valence-corrected chi connectivity index (χ3v) is 4.97. The maximum absolute atomic E-state index is 12.1. The van der Waals surface area contributed by atoms with E-state index >= 15 is 0 Å². The summed E-state index contributed by atoms with van der Waals surface area (Å²) < 4.78 is 5.02. The fourth-order valence-corrected chi connectivity index (χ4v) is 3.32. The molecule has 6 nitrogen and oxygen atoms in total. The van der Waals surface area contributed by atoms with Gasteiger partial charge in [-0.05, 0) is 47.4 Å². The molecule has 2 aromatic rings.